The fourth-order valence-electron chi connectivity index (χ4n) is 2.58. The molecule has 1 heterocycles. The molecule has 1 aromatic carbocycles. The Morgan fingerprint density at radius 2 is 2.19 bits per heavy atom. The lowest BCUT2D eigenvalue weighted by Crippen LogP contribution is -2.44. The molecular formula is C14H21BrN2O3S. The molecule has 7 heteroatoms. The normalized spacial score (nSPS) is 22.0. The summed E-state index contributed by atoms with van der Waals surface area (Å²) < 4.78 is 32.8. The summed E-state index contributed by atoms with van der Waals surface area (Å²) in [6.45, 7) is 2.98. The molecule has 1 fully saturated rings. The third-order valence-corrected chi connectivity index (χ3v) is 6.41. The van der Waals surface area contributed by atoms with Crippen LogP contribution in [-0.4, -0.2) is 39.0 Å². The Labute approximate surface area is 134 Å². The van der Waals surface area contributed by atoms with Crippen LogP contribution in [-0.2, 0) is 10.0 Å². The Bertz CT molecular complexity index is 604. The molecule has 1 saturated heterocycles. The monoisotopic (exact) mass is 376 g/mol. The van der Waals surface area contributed by atoms with Crippen LogP contribution in [0.4, 0.5) is 0 Å². The van der Waals surface area contributed by atoms with Crippen LogP contribution in [0.2, 0.25) is 0 Å². The van der Waals surface area contributed by atoms with E-state index in [0.717, 1.165) is 12.8 Å². The van der Waals surface area contributed by atoms with Gasteiger partial charge >= 0.3 is 0 Å². The number of rotatable bonds is 4. The van der Waals surface area contributed by atoms with Crippen molar-refractivity contribution in [2.45, 2.75) is 30.7 Å². The fourth-order valence-corrected chi connectivity index (χ4v) is 4.83. The molecule has 2 rings (SSSR count). The number of sulfonamides is 1. The Kier molecular flexibility index (Phi) is 5.29. The summed E-state index contributed by atoms with van der Waals surface area (Å²) in [5.74, 6) is 0.830. The van der Waals surface area contributed by atoms with Gasteiger partial charge in [0.2, 0.25) is 10.0 Å². The SMILES string of the molecule is COc1ccc(S(=O)(=O)N2CCCC(C(C)N)C2)cc1Br. The lowest BCUT2D eigenvalue weighted by molar-refractivity contribution is 0.243. The molecule has 1 aliphatic rings. The highest BCUT2D eigenvalue weighted by atomic mass is 79.9. The van der Waals surface area contributed by atoms with E-state index in [0.29, 0.717) is 23.3 Å². The number of hydrogen-bond acceptors (Lipinski definition) is 4. The topological polar surface area (TPSA) is 72.6 Å². The molecule has 0 bridgehead atoms. The van der Waals surface area contributed by atoms with Gasteiger partial charge in [-0.15, -0.1) is 0 Å². The average Bonchev–Trinajstić information content (AvgIpc) is 2.47. The summed E-state index contributed by atoms with van der Waals surface area (Å²) >= 11 is 3.33. The zero-order chi connectivity index (χ0) is 15.6. The van der Waals surface area contributed by atoms with Gasteiger partial charge in [0.15, 0.2) is 0 Å². The van der Waals surface area contributed by atoms with Crippen LogP contribution in [0.25, 0.3) is 0 Å². The second-order valence-electron chi connectivity index (χ2n) is 5.42. The third-order valence-electron chi connectivity index (χ3n) is 3.93. The van der Waals surface area contributed by atoms with Crippen molar-refractivity contribution in [2.75, 3.05) is 20.2 Å². The minimum absolute atomic E-state index is 0.00519. The summed E-state index contributed by atoms with van der Waals surface area (Å²) in [5.41, 5.74) is 5.93. The molecule has 1 aliphatic heterocycles. The summed E-state index contributed by atoms with van der Waals surface area (Å²) in [6.07, 6.45) is 1.83. The van der Waals surface area contributed by atoms with Crippen molar-refractivity contribution in [2.24, 2.45) is 11.7 Å². The fraction of sp³-hybridized carbons (Fsp3) is 0.571. The minimum atomic E-state index is -3.48. The molecule has 0 saturated carbocycles. The van der Waals surface area contributed by atoms with Gasteiger partial charge in [-0.1, -0.05) is 0 Å². The van der Waals surface area contributed by atoms with Gasteiger partial charge in [-0.3, -0.25) is 0 Å². The third kappa shape index (κ3) is 3.59. The first-order valence-electron chi connectivity index (χ1n) is 6.95. The largest absolute Gasteiger partial charge is 0.496 e. The molecule has 2 unspecified atom stereocenters. The maximum absolute atomic E-state index is 12.7. The maximum Gasteiger partial charge on any atom is 0.243 e. The van der Waals surface area contributed by atoms with Crippen molar-refractivity contribution in [3.05, 3.63) is 22.7 Å². The van der Waals surface area contributed by atoms with Gasteiger partial charge in [-0.2, -0.15) is 4.31 Å². The van der Waals surface area contributed by atoms with Crippen molar-refractivity contribution >= 4 is 26.0 Å². The molecule has 2 atom stereocenters. The second-order valence-corrected chi connectivity index (χ2v) is 8.21. The van der Waals surface area contributed by atoms with Gasteiger partial charge in [-0.25, -0.2) is 8.42 Å². The van der Waals surface area contributed by atoms with Crippen molar-refractivity contribution in [1.82, 2.24) is 4.31 Å². The zero-order valence-corrected chi connectivity index (χ0v) is 14.7. The highest BCUT2D eigenvalue weighted by Crippen LogP contribution is 2.30. The Morgan fingerprint density at radius 3 is 2.76 bits per heavy atom. The van der Waals surface area contributed by atoms with Crippen LogP contribution >= 0.6 is 15.9 Å². The van der Waals surface area contributed by atoms with E-state index in [1.54, 1.807) is 29.6 Å². The van der Waals surface area contributed by atoms with Crippen LogP contribution in [0.3, 0.4) is 0 Å². The molecular weight excluding hydrogens is 356 g/mol. The highest BCUT2D eigenvalue weighted by Gasteiger charge is 2.31. The molecule has 5 nitrogen and oxygen atoms in total. The van der Waals surface area contributed by atoms with Gasteiger partial charge in [0, 0.05) is 19.1 Å². The van der Waals surface area contributed by atoms with Gasteiger partial charge in [0.25, 0.3) is 0 Å². The number of piperidine rings is 1. The number of nitrogens with zero attached hydrogens (tertiary/aromatic N) is 1. The Balaban J connectivity index is 2.27. The van der Waals surface area contributed by atoms with Crippen molar-refractivity contribution in [3.63, 3.8) is 0 Å². The first kappa shape index (κ1) is 16.7. The number of hydrogen-bond donors (Lipinski definition) is 1. The molecule has 0 spiro atoms. The van der Waals surface area contributed by atoms with E-state index < -0.39 is 10.0 Å². The predicted molar refractivity (Wildman–Crippen MR) is 85.8 cm³/mol. The van der Waals surface area contributed by atoms with Crippen molar-refractivity contribution < 1.29 is 13.2 Å². The van der Waals surface area contributed by atoms with Crippen molar-refractivity contribution in [1.29, 1.82) is 0 Å². The first-order valence-corrected chi connectivity index (χ1v) is 9.19. The summed E-state index contributed by atoms with van der Waals surface area (Å²) in [4.78, 5) is 0.278. The zero-order valence-electron chi connectivity index (χ0n) is 12.3. The first-order chi connectivity index (χ1) is 9.86. The van der Waals surface area contributed by atoms with Crippen LogP contribution in [0.5, 0.6) is 5.75 Å². The highest BCUT2D eigenvalue weighted by molar-refractivity contribution is 9.10. The lowest BCUT2D eigenvalue weighted by atomic mass is 9.93. The number of ether oxygens (including phenoxy) is 1. The van der Waals surface area contributed by atoms with Crippen molar-refractivity contribution in [3.8, 4) is 5.75 Å². The summed E-state index contributed by atoms with van der Waals surface area (Å²) in [5, 5.41) is 0. The second kappa shape index (κ2) is 6.64. The smallest absolute Gasteiger partial charge is 0.243 e. The molecule has 118 valence electrons. The van der Waals surface area contributed by atoms with Gasteiger partial charge < -0.3 is 10.5 Å². The van der Waals surface area contributed by atoms with Crippen LogP contribution in [0, 0.1) is 5.92 Å². The quantitative estimate of drug-likeness (QED) is 0.873. The standard InChI is InChI=1S/C14H21BrN2O3S/c1-10(16)11-4-3-7-17(9-11)21(18,19)12-5-6-14(20-2)13(15)8-12/h5-6,8,10-11H,3-4,7,9,16H2,1-2H3. The van der Waals surface area contributed by atoms with E-state index in [1.165, 1.54) is 0 Å². The van der Waals surface area contributed by atoms with E-state index in [-0.39, 0.29) is 16.9 Å². The molecule has 0 amide bonds. The number of benzene rings is 1. The van der Waals surface area contributed by atoms with E-state index in [9.17, 15) is 8.42 Å². The molecule has 0 aromatic heterocycles. The molecule has 1 aromatic rings. The van der Waals surface area contributed by atoms with E-state index >= 15 is 0 Å². The lowest BCUT2D eigenvalue weighted by Gasteiger charge is -2.33. The van der Waals surface area contributed by atoms with Crippen LogP contribution in [0.1, 0.15) is 19.8 Å². The molecule has 0 radical (unpaired) electrons. The molecule has 2 N–H and O–H groups in total. The number of methoxy groups -OCH3 is 1. The summed E-state index contributed by atoms with van der Waals surface area (Å²) in [7, 11) is -1.94. The van der Waals surface area contributed by atoms with Crippen LogP contribution < -0.4 is 10.5 Å². The Hall–Kier alpha value is -0.630. The minimum Gasteiger partial charge on any atom is -0.496 e. The average molecular weight is 377 g/mol. The Morgan fingerprint density at radius 1 is 1.48 bits per heavy atom. The van der Waals surface area contributed by atoms with Crippen LogP contribution in [0.15, 0.2) is 27.6 Å². The van der Waals surface area contributed by atoms with Gasteiger partial charge in [0.1, 0.15) is 5.75 Å². The van der Waals surface area contributed by atoms with E-state index in [2.05, 4.69) is 15.9 Å². The molecule has 21 heavy (non-hydrogen) atoms. The molecule has 0 aliphatic carbocycles. The van der Waals surface area contributed by atoms with Gasteiger partial charge in [0.05, 0.1) is 16.5 Å². The van der Waals surface area contributed by atoms with E-state index in [4.69, 9.17) is 10.5 Å². The maximum atomic E-state index is 12.7. The van der Waals surface area contributed by atoms with Gasteiger partial charge in [-0.05, 0) is 59.8 Å². The summed E-state index contributed by atoms with van der Waals surface area (Å²) in [6, 6.07) is 4.83. The predicted octanol–water partition coefficient (Wildman–Crippen LogP) is 2.21. The van der Waals surface area contributed by atoms with E-state index in [1.807, 2.05) is 6.92 Å². The number of nitrogens with two attached hydrogens (primary N) is 1. The number of halogens is 1.